The van der Waals surface area contributed by atoms with E-state index in [9.17, 15) is 0 Å². The molecule has 21 heavy (non-hydrogen) atoms. The molecule has 5 nitrogen and oxygen atoms in total. The third-order valence-corrected chi connectivity index (χ3v) is 4.18. The lowest BCUT2D eigenvalue weighted by Crippen LogP contribution is -2.41. The number of hydrogen-bond donors (Lipinski definition) is 2. The Kier molecular flexibility index (Phi) is 4.53. The summed E-state index contributed by atoms with van der Waals surface area (Å²) in [6.07, 6.45) is 5.44. The van der Waals surface area contributed by atoms with E-state index in [1.807, 2.05) is 45.8 Å². The maximum Gasteiger partial charge on any atom is 0.487 e. The van der Waals surface area contributed by atoms with Gasteiger partial charge in [0.1, 0.15) is 0 Å². The van der Waals surface area contributed by atoms with Gasteiger partial charge in [-0.2, -0.15) is 0 Å². The number of aromatic nitrogens is 1. The quantitative estimate of drug-likeness (QED) is 0.824. The average molecular weight is 289 g/mol. The zero-order chi connectivity index (χ0) is 15.7. The number of rotatable bonds is 4. The van der Waals surface area contributed by atoms with Crippen molar-refractivity contribution in [2.45, 2.75) is 44.9 Å². The fourth-order valence-corrected chi connectivity index (χ4v) is 2.06. The Labute approximate surface area is 126 Å². The number of pyridine rings is 1. The first-order chi connectivity index (χ1) is 9.75. The maximum atomic E-state index is 5.91. The minimum absolute atomic E-state index is 0.192. The smallest absolute Gasteiger partial charge is 0.400 e. The number of nitrogens with zero attached hydrogens (tertiary/aromatic N) is 1. The van der Waals surface area contributed by atoms with Gasteiger partial charge < -0.3 is 20.8 Å². The van der Waals surface area contributed by atoms with Crippen LogP contribution in [0.25, 0.3) is 6.08 Å². The molecular formula is C15H24BN3O2. The van der Waals surface area contributed by atoms with Gasteiger partial charge in [0.05, 0.1) is 11.2 Å². The highest BCUT2D eigenvalue weighted by Crippen LogP contribution is 2.37. The average Bonchev–Trinajstić information content (AvgIpc) is 2.64. The zero-order valence-corrected chi connectivity index (χ0v) is 13.2. The molecule has 1 unspecified atom stereocenters. The predicted octanol–water partition coefficient (Wildman–Crippen LogP) is 1.68. The molecule has 0 aliphatic carbocycles. The molecule has 1 saturated heterocycles. The second kappa shape index (κ2) is 5.89. The topological polar surface area (TPSA) is 83.4 Å². The van der Waals surface area contributed by atoms with E-state index in [1.54, 1.807) is 12.4 Å². The number of hydrogen-bond acceptors (Lipinski definition) is 5. The number of nitrogens with two attached hydrogens (primary N) is 2. The van der Waals surface area contributed by atoms with Crippen molar-refractivity contribution >= 4 is 13.2 Å². The van der Waals surface area contributed by atoms with Gasteiger partial charge in [-0.15, -0.1) is 0 Å². The van der Waals surface area contributed by atoms with Gasteiger partial charge in [-0.1, -0.05) is 12.1 Å². The molecule has 0 radical (unpaired) electrons. The second-order valence-electron chi connectivity index (χ2n) is 6.38. The Morgan fingerprint density at radius 2 is 1.86 bits per heavy atom. The van der Waals surface area contributed by atoms with Crippen molar-refractivity contribution in [1.82, 2.24) is 4.98 Å². The molecule has 0 bridgehead atoms. The molecule has 0 spiro atoms. The summed E-state index contributed by atoms with van der Waals surface area (Å²) in [6.45, 7) is 8.52. The van der Waals surface area contributed by atoms with Crippen molar-refractivity contribution in [3.05, 3.63) is 35.6 Å². The predicted molar refractivity (Wildman–Crippen MR) is 85.3 cm³/mol. The summed E-state index contributed by atoms with van der Waals surface area (Å²) in [5.41, 5.74) is 12.7. The zero-order valence-electron chi connectivity index (χ0n) is 13.2. The summed E-state index contributed by atoms with van der Waals surface area (Å²) in [7, 11) is -0.359. The van der Waals surface area contributed by atoms with Crippen LogP contribution in [0.1, 0.15) is 44.9 Å². The molecule has 1 atom stereocenters. The van der Waals surface area contributed by atoms with Crippen molar-refractivity contribution in [1.29, 1.82) is 0 Å². The molecule has 1 aliphatic heterocycles. The molecule has 2 rings (SSSR count). The van der Waals surface area contributed by atoms with Crippen molar-refractivity contribution < 1.29 is 9.31 Å². The van der Waals surface area contributed by atoms with Crippen molar-refractivity contribution in [3.63, 3.8) is 0 Å². The Bertz CT molecular complexity index is 515. The fourth-order valence-electron chi connectivity index (χ4n) is 2.06. The van der Waals surface area contributed by atoms with Gasteiger partial charge in [-0.3, -0.25) is 4.98 Å². The molecule has 1 aromatic heterocycles. The van der Waals surface area contributed by atoms with E-state index >= 15 is 0 Å². The van der Waals surface area contributed by atoms with E-state index in [-0.39, 0.29) is 24.4 Å². The summed E-state index contributed by atoms with van der Waals surface area (Å²) in [6, 6.07) is 1.79. The fraction of sp³-hybridized carbons (Fsp3) is 0.533. The highest BCUT2D eigenvalue weighted by atomic mass is 16.7. The van der Waals surface area contributed by atoms with Crippen LogP contribution < -0.4 is 11.5 Å². The van der Waals surface area contributed by atoms with Crippen LogP contribution in [0, 0.1) is 0 Å². The van der Waals surface area contributed by atoms with Crippen LogP contribution >= 0.6 is 0 Å². The Morgan fingerprint density at radius 3 is 2.43 bits per heavy atom. The third kappa shape index (κ3) is 3.52. The molecule has 0 saturated carbocycles. The van der Waals surface area contributed by atoms with Crippen LogP contribution in [0.15, 0.2) is 24.4 Å². The second-order valence-corrected chi connectivity index (χ2v) is 6.38. The lowest BCUT2D eigenvalue weighted by Gasteiger charge is -2.32. The standard InChI is InChI=1S/C15H24BN3O2/c1-14(2)15(3,4)21-16(20-14)6-5-11-7-12(10-19-9-11)13(18)8-17/h5-7,9-10,13H,8,17-18H2,1-4H3/b6-5+. The normalized spacial score (nSPS) is 21.9. The molecule has 114 valence electrons. The first kappa shape index (κ1) is 16.2. The minimum Gasteiger partial charge on any atom is -0.400 e. The van der Waals surface area contributed by atoms with Crippen LogP contribution in [0.5, 0.6) is 0 Å². The molecule has 1 fully saturated rings. The summed E-state index contributed by atoms with van der Waals surface area (Å²) >= 11 is 0. The van der Waals surface area contributed by atoms with Crippen molar-refractivity contribution in [2.24, 2.45) is 11.5 Å². The summed E-state index contributed by atoms with van der Waals surface area (Å²) < 4.78 is 11.8. The van der Waals surface area contributed by atoms with Gasteiger partial charge in [0.25, 0.3) is 0 Å². The molecule has 2 heterocycles. The van der Waals surface area contributed by atoms with Crippen LogP contribution in [0.4, 0.5) is 0 Å². The Balaban J connectivity index is 2.09. The Hall–Kier alpha value is -1.21. The van der Waals surface area contributed by atoms with Crippen LogP contribution in [-0.4, -0.2) is 29.8 Å². The first-order valence-corrected chi connectivity index (χ1v) is 7.19. The van der Waals surface area contributed by atoms with Gasteiger partial charge in [-0.05, 0) is 44.9 Å². The van der Waals surface area contributed by atoms with E-state index in [0.717, 1.165) is 11.1 Å². The third-order valence-electron chi connectivity index (χ3n) is 4.18. The summed E-state index contributed by atoms with van der Waals surface area (Å²) in [5, 5.41) is 0. The van der Waals surface area contributed by atoms with E-state index in [2.05, 4.69) is 4.98 Å². The van der Waals surface area contributed by atoms with Crippen LogP contribution in [-0.2, 0) is 9.31 Å². The lowest BCUT2D eigenvalue weighted by atomic mass is 9.89. The van der Waals surface area contributed by atoms with E-state index < -0.39 is 0 Å². The van der Waals surface area contributed by atoms with E-state index in [1.165, 1.54) is 0 Å². The molecule has 0 amide bonds. The minimum atomic E-state index is -0.359. The van der Waals surface area contributed by atoms with Crippen molar-refractivity contribution in [3.8, 4) is 0 Å². The highest BCUT2D eigenvalue weighted by Gasteiger charge is 2.49. The van der Waals surface area contributed by atoms with Crippen LogP contribution in [0.2, 0.25) is 0 Å². The van der Waals surface area contributed by atoms with E-state index in [4.69, 9.17) is 20.8 Å². The molecular weight excluding hydrogens is 265 g/mol. The first-order valence-electron chi connectivity index (χ1n) is 7.19. The van der Waals surface area contributed by atoms with Crippen molar-refractivity contribution in [2.75, 3.05) is 6.54 Å². The molecule has 0 aromatic carbocycles. The largest absolute Gasteiger partial charge is 0.487 e. The summed E-state index contributed by atoms with van der Waals surface area (Å²) in [5.74, 6) is 1.89. The van der Waals surface area contributed by atoms with E-state index in [0.29, 0.717) is 6.54 Å². The maximum absolute atomic E-state index is 5.91. The SMILES string of the molecule is CC1(C)OB(/C=C/c2cncc(C(N)CN)c2)OC1(C)C. The van der Waals surface area contributed by atoms with Gasteiger partial charge in [-0.25, -0.2) is 0 Å². The van der Waals surface area contributed by atoms with Crippen LogP contribution in [0.3, 0.4) is 0 Å². The van der Waals surface area contributed by atoms with Gasteiger partial charge >= 0.3 is 7.12 Å². The summed E-state index contributed by atoms with van der Waals surface area (Å²) in [4.78, 5) is 4.19. The van der Waals surface area contributed by atoms with Gasteiger partial charge in [0.2, 0.25) is 0 Å². The molecule has 1 aromatic rings. The molecule has 4 N–H and O–H groups in total. The lowest BCUT2D eigenvalue weighted by molar-refractivity contribution is 0.00578. The van der Waals surface area contributed by atoms with Gasteiger partial charge in [0, 0.05) is 25.0 Å². The molecule has 1 aliphatic rings. The molecule has 6 heteroatoms. The van der Waals surface area contributed by atoms with Gasteiger partial charge in [0.15, 0.2) is 0 Å². The highest BCUT2D eigenvalue weighted by molar-refractivity contribution is 6.52. The monoisotopic (exact) mass is 289 g/mol. The Morgan fingerprint density at radius 1 is 1.24 bits per heavy atom.